The third-order valence-electron chi connectivity index (χ3n) is 3.46. The topological polar surface area (TPSA) is 12.0 Å². The van der Waals surface area contributed by atoms with E-state index in [1.807, 2.05) is 30.3 Å². The highest BCUT2D eigenvalue weighted by atomic mass is 35.5. The minimum absolute atomic E-state index is 0.408. The summed E-state index contributed by atoms with van der Waals surface area (Å²) < 4.78 is 0. The van der Waals surface area contributed by atoms with Crippen molar-refractivity contribution in [3.05, 3.63) is 69.7 Å². The molecule has 2 aromatic rings. The zero-order chi connectivity index (χ0) is 15.2. The van der Waals surface area contributed by atoms with Gasteiger partial charge in [-0.3, -0.25) is 0 Å². The van der Waals surface area contributed by atoms with E-state index >= 15 is 0 Å². The molecule has 0 bridgehead atoms. The molecule has 2 aromatic carbocycles. The molecule has 1 N–H and O–H groups in total. The van der Waals surface area contributed by atoms with Crippen molar-refractivity contribution in [2.45, 2.75) is 38.8 Å². The summed E-state index contributed by atoms with van der Waals surface area (Å²) in [5.41, 5.74) is 2.57. The largest absolute Gasteiger partial charge is 0.311 e. The first-order valence-electron chi connectivity index (χ1n) is 7.28. The van der Waals surface area contributed by atoms with Gasteiger partial charge in [0.25, 0.3) is 0 Å². The molecule has 0 aliphatic heterocycles. The van der Waals surface area contributed by atoms with Gasteiger partial charge in [-0.2, -0.15) is 0 Å². The van der Waals surface area contributed by atoms with Gasteiger partial charge >= 0.3 is 0 Å². The maximum Gasteiger partial charge on any atom is 0.0408 e. The highest BCUT2D eigenvalue weighted by molar-refractivity contribution is 6.30. The molecule has 3 heteroatoms. The molecule has 2 atom stereocenters. The lowest BCUT2D eigenvalue weighted by atomic mass is 10.0. The van der Waals surface area contributed by atoms with Gasteiger partial charge in [0.15, 0.2) is 0 Å². The molecule has 0 spiro atoms. The van der Waals surface area contributed by atoms with Crippen molar-refractivity contribution in [1.82, 2.24) is 5.32 Å². The van der Waals surface area contributed by atoms with E-state index in [1.54, 1.807) is 0 Å². The van der Waals surface area contributed by atoms with E-state index in [9.17, 15) is 0 Å². The van der Waals surface area contributed by atoms with E-state index in [0.717, 1.165) is 22.9 Å². The van der Waals surface area contributed by atoms with Crippen molar-refractivity contribution in [1.29, 1.82) is 0 Å². The summed E-state index contributed by atoms with van der Waals surface area (Å²) in [4.78, 5) is 0. The molecular formula is C18H21Cl2N. The van der Waals surface area contributed by atoms with E-state index in [0.29, 0.717) is 12.1 Å². The summed E-state index contributed by atoms with van der Waals surface area (Å²) >= 11 is 11.9. The number of rotatable bonds is 6. The van der Waals surface area contributed by atoms with Crippen LogP contribution >= 0.6 is 23.2 Å². The van der Waals surface area contributed by atoms with Crippen LogP contribution in [0.3, 0.4) is 0 Å². The summed E-state index contributed by atoms with van der Waals surface area (Å²) in [5.74, 6) is 0. The molecule has 0 aromatic heterocycles. The first kappa shape index (κ1) is 16.4. The standard InChI is InChI=1S/C18H21Cl2N/c1-13(10-15-6-8-17(19)9-7-15)21-14(2)11-16-4-3-5-18(20)12-16/h3-9,12-14,21H,10-11H2,1-2H3. The second-order valence-electron chi connectivity index (χ2n) is 5.63. The summed E-state index contributed by atoms with van der Waals surface area (Å²) in [6.07, 6.45) is 1.97. The van der Waals surface area contributed by atoms with Crippen LogP contribution in [-0.2, 0) is 12.8 Å². The number of benzene rings is 2. The van der Waals surface area contributed by atoms with Gasteiger partial charge in [0.1, 0.15) is 0 Å². The molecule has 112 valence electrons. The molecule has 21 heavy (non-hydrogen) atoms. The molecule has 0 radical (unpaired) electrons. The molecule has 0 saturated carbocycles. The molecule has 0 fully saturated rings. The molecule has 0 aliphatic carbocycles. The van der Waals surface area contributed by atoms with Crippen molar-refractivity contribution in [3.63, 3.8) is 0 Å². The monoisotopic (exact) mass is 321 g/mol. The van der Waals surface area contributed by atoms with Gasteiger partial charge in [-0.1, -0.05) is 47.5 Å². The van der Waals surface area contributed by atoms with Crippen LogP contribution in [-0.4, -0.2) is 12.1 Å². The van der Waals surface area contributed by atoms with Gasteiger partial charge in [0, 0.05) is 22.1 Å². The fraction of sp³-hybridized carbons (Fsp3) is 0.333. The van der Waals surface area contributed by atoms with E-state index < -0.39 is 0 Å². The molecular weight excluding hydrogens is 301 g/mol. The van der Waals surface area contributed by atoms with E-state index in [-0.39, 0.29) is 0 Å². The molecule has 0 amide bonds. The van der Waals surface area contributed by atoms with Crippen molar-refractivity contribution in [2.75, 3.05) is 0 Å². The van der Waals surface area contributed by atoms with Gasteiger partial charge in [0.05, 0.1) is 0 Å². The van der Waals surface area contributed by atoms with Gasteiger partial charge < -0.3 is 5.32 Å². The number of hydrogen-bond donors (Lipinski definition) is 1. The van der Waals surface area contributed by atoms with Crippen LogP contribution in [0.15, 0.2) is 48.5 Å². The van der Waals surface area contributed by atoms with Gasteiger partial charge in [0.2, 0.25) is 0 Å². The van der Waals surface area contributed by atoms with Gasteiger partial charge in [-0.25, -0.2) is 0 Å². The number of halogens is 2. The lowest BCUT2D eigenvalue weighted by Gasteiger charge is -2.20. The smallest absolute Gasteiger partial charge is 0.0408 e. The molecule has 0 saturated heterocycles. The third kappa shape index (κ3) is 5.70. The predicted octanol–water partition coefficient (Wildman–Crippen LogP) is 5.15. The lowest BCUT2D eigenvalue weighted by molar-refractivity contribution is 0.462. The van der Waals surface area contributed by atoms with Crippen LogP contribution in [0.1, 0.15) is 25.0 Å². The minimum Gasteiger partial charge on any atom is -0.311 e. The second kappa shape index (κ2) is 7.84. The zero-order valence-electron chi connectivity index (χ0n) is 12.4. The number of hydrogen-bond acceptors (Lipinski definition) is 1. The average molecular weight is 322 g/mol. The fourth-order valence-electron chi connectivity index (χ4n) is 2.60. The fourth-order valence-corrected chi connectivity index (χ4v) is 2.93. The van der Waals surface area contributed by atoms with Crippen molar-refractivity contribution < 1.29 is 0 Å². The molecule has 2 unspecified atom stereocenters. The lowest BCUT2D eigenvalue weighted by Crippen LogP contribution is -2.37. The van der Waals surface area contributed by atoms with Crippen LogP contribution < -0.4 is 5.32 Å². The van der Waals surface area contributed by atoms with Crippen LogP contribution in [0.4, 0.5) is 0 Å². The Hall–Kier alpha value is -1.02. The normalized spacial score (nSPS) is 13.9. The van der Waals surface area contributed by atoms with Crippen LogP contribution in [0.5, 0.6) is 0 Å². The first-order valence-corrected chi connectivity index (χ1v) is 8.03. The second-order valence-corrected chi connectivity index (χ2v) is 6.51. The Morgan fingerprint density at radius 1 is 0.810 bits per heavy atom. The van der Waals surface area contributed by atoms with Crippen LogP contribution in [0.2, 0.25) is 10.0 Å². The van der Waals surface area contributed by atoms with Crippen molar-refractivity contribution in [2.24, 2.45) is 0 Å². The van der Waals surface area contributed by atoms with Gasteiger partial charge in [-0.15, -0.1) is 0 Å². The molecule has 2 rings (SSSR count). The predicted molar refractivity (Wildman–Crippen MR) is 92.4 cm³/mol. The van der Waals surface area contributed by atoms with Crippen LogP contribution in [0, 0.1) is 0 Å². The summed E-state index contributed by atoms with van der Waals surface area (Å²) in [6, 6.07) is 16.9. The first-order chi connectivity index (χ1) is 10.0. The highest BCUT2D eigenvalue weighted by Crippen LogP contribution is 2.14. The Kier molecular flexibility index (Phi) is 6.10. The summed E-state index contributed by atoms with van der Waals surface area (Å²) in [5, 5.41) is 5.22. The maximum atomic E-state index is 6.02. The highest BCUT2D eigenvalue weighted by Gasteiger charge is 2.09. The van der Waals surface area contributed by atoms with Crippen LogP contribution in [0.25, 0.3) is 0 Å². The maximum absolute atomic E-state index is 6.02. The third-order valence-corrected chi connectivity index (χ3v) is 3.94. The van der Waals surface area contributed by atoms with E-state index in [1.165, 1.54) is 11.1 Å². The van der Waals surface area contributed by atoms with Crippen molar-refractivity contribution >= 4 is 23.2 Å². The average Bonchev–Trinajstić information content (AvgIpc) is 2.41. The van der Waals surface area contributed by atoms with E-state index in [2.05, 4.69) is 37.4 Å². The Bertz CT molecular complexity index is 566. The summed E-state index contributed by atoms with van der Waals surface area (Å²) in [6.45, 7) is 4.42. The Labute approximate surface area is 137 Å². The Balaban J connectivity index is 1.84. The quantitative estimate of drug-likeness (QED) is 0.776. The molecule has 0 aliphatic rings. The Morgan fingerprint density at radius 2 is 1.43 bits per heavy atom. The molecule has 0 heterocycles. The van der Waals surface area contributed by atoms with Gasteiger partial charge in [-0.05, 0) is 62.1 Å². The number of nitrogens with one attached hydrogen (secondary N) is 1. The SMILES string of the molecule is CC(Cc1ccc(Cl)cc1)NC(C)Cc1cccc(Cl)c1. The Morgan fingerprint density at radius 3 is 2.05 bits per heavy atom. The zero-order valence-corrected chi connectivity index (χ0v) is 14.0. The molecule has 1 nitrogen and oxygen atoms in total. The van der Waals surface area contributed by atoms with E-state index in [4.69, 9.17) is 23.2 Å². The summed E-state index contributed by atoms with van der Waals surface area (Å²) in [7, 11) is 0. The van der Waals surface area contributed by atoms with Crippen molar-refractivity contribution in [3.8, 4) is 0 Å². The minimum atomic E-state index is 0.408.